The third-order valence-corrected chi connectivity index (χ3v) is 2.30. The molecule has 0 aliphatic rings. The van der Waals surface area contributed by atoms with Gasteiger partial charge in [0.15, 0.2) is 0 Å². The Morgan fingerprint density at radius 1 is 1.23 bits per heavy atom. The maximum Gasteiger partial charge on any atom is 0.0802 e. The molecule has 0 aromatic heterocycles. The van der Waals surface area contributed by atoms with Gasteiger partial charge >= 0.3 is 0 Å². The molecule has 1 heteroatoms. The molecule has 1 aromatic carbocycles. The van der Waals surface area contributed by atoms with Gasteiger partial charge in [0.1, 0.15) is 0 Å². The van der Waals surface area contributed by atoms with E-state index >= 15 is 0 Å². The lowest BCUT2D eigenvalue weighted by atomic mass is 9.67. The largest absolute Gasteiger partial charge is 0.0802 e. The van der Waals surface area contributed by atoms with Crippen LogP contribution in [0.1, 0.15) is 44.7 Å². The van der Waals surface area contributed by atoms with E-state index < -0.39 is 0 Å². The van der Waals surface area contributed by atoms with E-state index in [0.29, 0.717) is 5.92 Å². The second-order valence-corrected chi connectivity index (χ2v) is 4.50. The Kier molecular flexibility index (Phi) is 2.85. The van der Waals surface area contributed by atoms with Crippen LogP contribution in [0.2, 0.25) is 0 Å². The van der Waals surface area contributed by atoms with Crippen molar-refractivity contribution in [3.8, 4) is 0 Å². The zero-order valence-corrected chi connectivity index (χ0v) is 8.96. The van der Waals surface area contributed by atoms with Crippen LogP contribution < -0.4 is 0 Å². The molecule has 0 aliphatic heterocycles. The summed E-state index contributed by atoms with van der Waals surface area (Å²) in [7, 11) is 6.03. The summed E-state index contributed by atoms with van der Waals surface area (Å²) >= 11 is 0. The zero-order chi connectivity index (χ0) is 10.1. The normalized spacial score (nSPS) is 12.1. The standard InChI is InChI=1S/C12H17B/c1-9(2)10-6-5-7-11(8-10)12(3,4)13/h5-9H,1-4H3. The number of hydrogen-bond acceptors (Lipinski definition) is 0. The van der Waals surface area contributed by atoms with E-state index in [2.05, 4.69) is 38.1 Å². The van der Waals surface area contributed by atoms with Crippen molar-refractivity contribution in [1.29, 1.82) is 0 Å². The predicted molar refractivity (Wildman–Crippen MR) is 59.3 cm³/mol. The van der Waals surface area contributed by atoms with Crippen molar-refractivity contribution in [3.05, 3.63) is 35.4 Å². The molecule has 2 radical (unpaired) electrons. The van der Waals surface area contributed by atoms with E-state index in [4.69, 9.17) is 7.85 Å². The van der Waals surface area contributed by atoms with Gasteiger partial charge in [0.2, 0.25) is 0 Å². The summed E-state index contributed by atoms with van der Waals surface area (Å²) < 4.78 is 0. The molecule has 0 nitrogen and oxygen atoms in total. The van der Waals surface area contributed by atoms with Crippen molar-refractivity contribution in [2.75, 3.05) is 0 Å². The molecule has 0 spiro atoms. The highest BCUT2D eigenvalue weighted by atomic mass is 14.1. The van der Waals surface area contributed by atoms with Gasteiger partial charge in [0, 0.05) is 0 Å². The molecular weight excluding hydrogens is 155 g/mol. The van der Waals surface area contributed by atoms with E-state index in [9.17, 15) is 0 Å². The molecule has 0 saturated heterocycles. The summed E-state index contributed by atoms with van der Waals surface area (Å²) in [5.41, 5.74) is 2.56. The molecule has 0 amide bonds. The molecule has 0 aliphatic carbocycles. The molecule has 68 valence electrons. The van der Waals surface area contributed by atoms with Crippen molar-refractivity contribution < 1.29 is 0 Å². The van der Waals surface area contributed by atoms with Gasteiger partial charge in [-0.1, -0.05) is 57.5 Å². The third kappa shape index (κ3) is 2.62. The lowest BCUT2D eigenvalue weighted by molar-refractivity contribution is 0.756. The molecule has 0 N–H and O–H groups in total. The van der Waals surface area contributed by atoms with E-state index in [-0.39, 0.29) is 5.31 Å². The predicted octanol–water partition coefficient (Wildman–Crippen LogP) is 3.21. The Labute approximate surface area is 82.8 Å². The highest BCUT2D eigenvalue weighted by molar-refractivity contribution is 6.15. The summed E-state index contributed by atoms with van der Waals surface area (Å²) in [6.45, 7) is 8.46. The topological polar surface area (TPSA) is 0 Å². The summed E-state index contributed by atoms with van der Waals surface area (Å²) in [4.78, 5) is 0. The molecule has 0 unspecified atom stereocenters. The average Bonchev–Trinajstić information content (AvgIpc) is 2.03. The smallest absolute Gasteiger partial charge is 0.0639 e. The summed E-state index contributed by atoms with van der Waals surface area (Å²) in [6.07, 6.45) is 0. The Bertz CT molecular complexity index is 281. The van der Waals surface area contributed by atoms with Gasteiger partial charge in [-0.05, 0) is 16.8 Å². The zero-order valence-electron chi connectivity index (χ0n) is 8.96. The van der Waals surface area contributed by atoms with Crippen LogP contribution in [-0.4, -0.2) is 7.85 Å². The SMILES string of the molecule is [B]C(C)(C)c1cccc(C(C)C)c1. The lowest BCUT2D eigenvalue weighted by Gasteiger charge is -2.21. The molecule has 13 heavy (non-hydrogen) atoms. The number of hydrogen-bond donors (Lipinski definition) is 0. The second-order valence-electron chi connectivity index (χ2n) is 4.50. The van der Waals surface area contributed by atoms with Crippen LogP contribution in [0.3, 0.4) is 0 Å². The van der Waals surface area contributed by atoms with Gasteiger partial charge in [0.05, 0.1) is 7.85 Å². The van der Waals surface area contributed by atoms with Crippen molar-refractivity contribution >= 4 is 7.85 Å². The Morgan fingerprint density at radius 2 is 1.85 bits per heavy atom. The Hall–Kier alpha value is -0.715. The average molecular weight is 172 g/mol. The molecule has 0 bridgehead atoms. The number of benzene rings is 1. The quantitative estimate of drug-likeness (QED) is 0.601. The fourth-order valence-electron chi connectivity index (χ4n) is 1.30. The molecular formula is C12H17B. The molecule has 0 fully saturated rings. The Balaban J connectivity index is 3.06. The second kappa shape index (κ2) is 3.57. The fraction of sp³-hybridized carbons (Fsp3) is 0.500. The monoisotopic (exact) mass is 172 g/mol. The highest BCUT2D eigenvalue weighted by Crippen LogP contribution is 2.23. The van der Waals surface area contributed by atoms with Crippen molar-refractivity contribution in [1.82, 2.24) is 0 Å². The van der Waals surface area contributed by atoms with E-state index in [1.165, 1.54) is 11.1 Å². The van der Waals surface area contributed by atoms with Gasteiger partial charge in [-0.25, -0.2) is 0 Å². The van der Waals surface area contributed by atoms with Crippen LogP contribution in [0.15, 0.2) is 24.3 Å². The van der Waals surface area contributed by atoms with E-state index in [1.807, 2.05) is 13.8 Å². The van der Waals surface area contributed by atoms with Crippen LogP contribution in [0.5, 0.6) is 0 Å². The maximum atomic E-state index is 6.03. The van der Waals surface area contributed by atoms with Crippen LogP contribution in [-0.2, 0) is 5.31 Å². The third-order valence-electron chi connectivity index (χ3n) is 2.30. The van der Waals surface area contributed by atoms with Crippen LogP contribution in [0.4, 0.5) is 0 Å². The maximum absolute atomic E-state index is 6.03. The molecule has 0 saturated carbocycles. The minimum absolute atomic E-state index is 0.231. The molecule has 1 aromatic rings. The van der Waals surface area contributed by atoms with Crippen LogP contribution in [0.25, 0.3) is 0 Å². The van der Waals surface area contributed by atoms with Gasteiger partial charge in [-0.15, -0.1) is 0 Å². The molecule has 0 atom stereocenters. The summed E-state index contributed by atoms with van der Waals surface area (Å²) in [5, 5.41) is -0.231. The first kappa shape index (κ1) is 10.4. The first-order valence-corrected chi connectivity index (χ1v) is 4.80. The fourth-order valence-corrected chi connectivity index (χ4v) is 1.30. The minimum atomic E-state index is -0.231. The van der Waals surface area contributed by atoms with E-state index in [0.717, 1.165) is 0 Å². The van der Waals surface area contributed by atoms with Crippen molar-refractivity contribution in [2.24, 2.45) is 0 Å². The summed E-state index contributed by atoms with van der Waals surface area (Å²) in [6, 6.07) is 8.52. The highest BCUT2D eigenvalue weighted by Gasteiger charge is 2.13. The van der Waals surface area contributed by atoms with Crippen molar-refractivity contribution in [2.45, 2.75) is 38.9 Å². The first-order chi connectivity index (χ1) is 5.91. The molecule has 1 rings (SSSR count). The van der Waals surface area contributed by atoms with E-state index in [1.54, 1.807) is 0 Å². The first-order valence-electron chi connectivity index (χ1n) is 4.80. The van der Waals surface area contributed by atoms with Crippen molar-refractivity contribution in [3.63, 3.8) is 0 Å². The van der Waals surface area contributed by atoms with Gasteiger partial charge in [-0.3, -0.25) is 0 Å². The van der Waals surface area contributed by atoms with Gasteiger partial charge in [-0.2, -0.15) is 0 Å². The lowest BCUT2D eigenvalue weighted by Crippen LogP contribution is -2.16. The van der Waals surface area contributed by atoms with Crippen LogP contribution in [0, 0.1) is 0 Å². The van der Waals surface area contributed by atoms with Gasteiger partial charge in [0.25, 0.3) is 0 Å². The number of rotatable bonds is 2. The minimum Gasteiger partial charge on any atom is -0.0639 e. The Morgan fingerprint density at radius 3 is 2.31 bits per heavy atom. The summed E-state index contributed by atoms with van der Waals surface area (Å²) in [5.74, 6) is 0.572. The van der Waals surface area contributed by atoms with Gasteiger partial charge < -0.3 is 0 Å². The van der Waals surface area contributed by atoms with Crippen LogP contribution >= 0.6 is 0 Å². The molecule has 0 heterocycles.